The molecule has 2 aromatic carbocycles. The van der Waals surface area contributed by atoms with Crippen LogP contribution in [0, 0.1) is 11.6 Å². The Balaban J connectivity index is 1.91. The number of benzene rings is 2. The third-order valence-corrected chi connectivity index (χ3v) is 3.76. The van der Waals surface area contributed by atoms with E-state index in [-0.39, 0.29) is 11.6 Å². The van der Waals surface area contributed by atoms with Crippen LogP contribution in [-0.2, 0) is 6.54 Å². The Morgan fingerprint density at radius 3 is 2.62 bits per heavy atom. The van der Waals surface area contributed by atoms with E-state index in [1.165, 1.54) is 31.0 Å². The smallest absolute Gasteiger partial charge is 0.147 e. The highest BCUT2D eigenvalue weighted by Gasteiger charge is 2.22. The minimum absolute atomic E-state index is 0.295. The monoisotopic (exact) mass is 288 g/mol. The molecule has 0 atom stereocenters. The average molecular weight is 288 g/mol. The Morgan fingerprint density at radius 1 is 1.14 bits per heavy atom. The van der Waals surface area contributed by atoms with Crippen LogP contribution in [0.2, 0.25) is 0 Å². The first-order chi connectivity index (χ1) is 10.1. The first kappa shape index (κ1) is 14.0. The van der Waals surface area contributed by atoms with Crippen molar-refractivity contribution in [2.75, 3.05) is 11.9 Å². The van der Waals surface area contributed by atoms with Crippen molar-refractivity contribution in [2.24, 2.45) is 0 Å². The number of hydrogen-bond donors (Lipinski definition) is 1. The summed E-state index contributed by atoms with van der Waals surface area (Å²) in [6, 6.07) is 11.8. The van der Waals surface area contributed by atoms with Gasteiger partial charge in [0.1, 0.15) is 11.6 Å². The van der Waals surface area contributed by atoms with Gasteiger partial charge < -0.3 is 10.2 Å². The molecule has 0 radical (unpaired) electrons. The Labute approximate surface area is 123 Å². The van der Waals surface area contributed by atoms with Gasteiger partial charge in [-0.2, -0.15) is 0 Å². The summed E-state index contributed by atoms with van der Waals surface area (Å²) in [6.07, 6.45) is 2.37. The fourth-order valence-corrected chi connectivity index (χ4v) is 2.43. The molecule has 0 aliphatic heterocycles. The Morgan fingerprint density at radius 2 is 1.90 bits per heavy atom. The molecule has 0 unspecified atom stereocenters. The van der Waals surface area contributed by atoms with E-state index in [1.807, 2.05) is 6.07 Å². The van der Waals surface area contributed by atoms with Crippen molar-refractivity contribution in [1.82, 2.24) is 5.32 Å². The zero-order valence-electron chi connectivity index (χ0n) is 11.9. The van der Waals surface area contributed by atoms with Crippen molar-refractivity contribution in [2.45, 2.75) is 25.4 Å². The third-order valence-electron chi connectivity index (χ3n) is 3.76. The molecule has 0 amide bonds. The Bertz CT molecular complexity index is 638. The van der Waals surface area contributed by atoms with Crippen molar-refractivity contribution >= 4 is 11.4 Å². The van der Waals surface area contributed by atoms with E-state index in [2.05, 4.69) is 5.32 Å². The van der Waals surface area contributed by atoms with Gasteiger partial charge in [-0.3, -0.25) is 0 Å². The molecule has 3 rings (SSSR count). The van der Waals surface area contributed by atoms with Gasteiger partial charge in [-0.25, -0.2) is 8.78 Å². The number of hydrogen-bond acceptors (Lipinski definition) is 2. The van der Waals surface area contributed by atoms with E-state index in [0.29, 0.717) is 24.0 Å². The topological polar surface area (TPSA) is 15.3 Å². The van der Waals surface area contributed by atoms with Gasteiger partial charge in [0.15, 0.2) is 0 Å². The lowest BCUT2D eigenvalue weighted by molar-refractivity contribution is 0.617. The average Bonchev–Trinajstić information content (AvgIpc) is 3.29. The zero-order chi connectivity index (χ0) is 14.8. The van der Waals surface area contributed by atoms with E-state index < -0.39 is 0 Å². The predicted octanol–water partition coefficient (Wildman–Crippen LogP) is 3.98. The van der Waals surface area contributed by atoms with Crippen LogP contribution in [0.4, 0.5) is 20.2 Å². The highest BCUT2D eigenvalue weighted by Crippen LogP contribution is 2.31. The molecule has 2 nitrogen and oxygen atoms in total. The number of nitrogens with one attached hydrogen (secondary N) is 1. The van der Waals surface area contributed by atoms with Crippen LogP contribution in [-0.4, -0.2) is 13.1 Å². The van der Waals surface area contributed by atoms with Gasteiger partial charge in [0.25, 0.3) is 0 Å². The van der Waals surface area contributed by atoms with Crippen LogP contribution < -0.4 is 10.2 Å². The standard InChI is InChI=1S/C17H18F2N2/c1-21(15-6-3-5-13(18)10-15)17-12(4-2-7-16(17)19)11-20-14-8-9-14/h2-7,10,14,20H,8-9,11H2,1H3. The SMILES string of the molecule is CN(c1cccc(F)c1)c1c(F)cccc1CNC1CC1. The second kappa shape index (κ2) is 5.82. The fraction of sp³-hybridized carbons (Fsp3) is 0.294. The van der Waals surface area contributed by atoms with Crippen molar-refractivity contribution in [3.8, 4) is 0 Å². The summed E-state index contributed by atoms with van der Waals surface area (Å²) in [5.41, 5.74) is 2.01. The molecule has 0 spiro atoms. The molecule has 0 bridgehead atoms. The van der Waals surface area contributed by atoms with E-state index >= 15 is 0 Å². The van der Waals surface area contributed by atoms with Gasteiger partial charge in [-0.15, -0.1) is 0 Å². The van der Waals surface area contributed by atoms with Crippen molar-refractivity contribution in [1.29, 1.82) is 0 Å². The Hall–Kier alpha value is -1.94. The first-order valence-electron chi connectivity index (χ1n) is 7.15. The highest BCUT2D eigenvalue weighted by atomic mass is 19.1. The molecular weight excluding hydrogens is 270 g/mol. The van der Waals surface area contributed by atoms with E-state index in [1.54, 1.807) is 30.1 Å². The minimum atomic E-state index is -0.326. The summed E-state index contributed by atoms with van der Waals surface area (Å²) in [7, 11) is 1.76. The maximum atomic E-state index is 14.3. The molecule has 110 valence electrons. The second-order valence-electron chi connectivity index (χ2n) is 5.44. The van der Waals surface area contributed by atoms with Gasteiger partial charge in [-0.1, -0.05) is 18.2 Å². The normalized spacial score (nSPS) is 14.2. The van der Waals surface area contributed by atoms with Gasteiger partial charge in [-0.05, 0) is 42.7 Å². The molecule has 1 aliphatic rings. The van der Waals surface area contributed by atoms with E-state index in [0.717, 1.165) is 5.56 Å². The fourth-order valence-electron chi connectivity index (χ4n) is 2.43. The van der Waals surface area contributed by atoms with Crippen LogP contribution in [0.15, 0.2) is 42.5 Å². The quantitative estimate of drug-likeness (QED) is 0.895. The van der Waals surface area contributed by atoms with Crippen LogP contribution in [0.5, 0.6) is 0 Å². The van der Waals surface area contributed by atoms with Crippen molar-refractivity contribution in [3.63, 3.8) is 0 Å². The van der Waals surface area contributed by atoms with E-state index in [4.69, 9.17) is 0 Å². The summed E-state index contributed by atoms with van der Waals surface area (Å²) < 4.78 is 27.6. The van der Waals surface area contributed by atoms with Gasteiger partial charge >= 0.3 is 0 Å². The van der Waals surface area contributed by atoms with Crippen molar-refractivity contribution in [3.05, 3.63) is 59.7 Å². The molecule has 0 aromatic heterocycles. The summed E-state index contributed by atoms with van der Waals surface area (Å²) >= 11 is 0. The zero-order valence-corrected chi connectivity index (χ0v) is 11.9. The maximum Gasteiger partial charge on any atom is 0.147 e. The van der Waals surface area contributed by atoms with Crippen LogP contribution in [0.3, 0.4) is 0 Å². The maximum absolute atomic E-state index is 14.3. The summed E-state index contributed by atoms with van der Waals surface area (Å²) in [4.78, 5) is 1.70. The van der Waals surface area contributed by atoms with Crippen LogP contribution >= 0.6 is 0 Å². The summed E-state index contributed by atoms with van der Waals surface area (Å²) in [6.45, 7) is 0.622. The lowest BCUT2D eigenvalue weighted by Gasteiger charge is -2.23. The van der Waals surface area contributed by atoms with E-state index in [9.17, 15) is 8.78 Å². The number of para-hydroxylation sites is 1. The summed E-state index contributed by atoms with van der Waals surface area (Å²) in [5.74, 6) is -0.620. The number of nitrogens with zero attached hydrogens (tertiary/aromatic N) is 1. The molecule has 1 N–H and O–H groups in total. The molecule has 0 saturated heterocycles. The molecular formula is C17H18F2N2. The first-order valence-corrected chi connectivity index (χ1v) is 7.15. The molecule has 0 heterocycles. The largest absolute Gasteiger partial charge is 0.342 e. The molecule has 21 heavy (non-hydrogen) atoms. The highest BCUT2D eigenvalue weighted by molar-refractivity contribution is 5.66. The van der Waals surface area contributed by atoms with Gasteiger partial charge in [0, 0.05) is 25.3 Å². The third kappa shape index (κ3) is 3.22. The molecule has 1 saturated carbocycles. The molecule has 1 aliphatic carbocycles. The molecule has 1 fully saturated rings. The molecule has 4 heteroatoms. The predicted molar refractivity (Wildman–Crippen MR) is 80.7 cm³/mol. The second-order valence-corrected chi connectivity index (χ2v) is 5.44. The summed E-state index contributed by atoms with van der Waals surface area (Å²) in [5, 5.41) is 3.39. The van der Waals surface area contributed by atoms with Gasteiger partial charge in [0.05, 0.1) is 5.69 Å². The van der Waals surface area contributed by atoms with Crippen molar-refractivity contribution < 1.29 is 8.78 Å². The molecule has 2 aromatic rings. The number of halogens is 2. The van der Waals surface area contributed by atoms with Gasteiger partial charge in [0.2, 0.25) is 0 Å². The lowest BCUT2D eigenvalue weighted by atomic mass is 10.1. The minimum Gasteiger partial charge on any atom is -0.342 e. The van der Waals surface area contributed by atoms with Crippen LogP contribution in [0.25, 0.3) is 0 Å². The number of anilines is 2. The van der Waals surface area contributed by atoms with Crippen LogP contribution in [0.1, 0.15) is 18.4 Å². The number of rotatable bonds is 5. The Kier molecular flexibility index (Phi) is 3.88. The lowest BCUT2D eigenvalue weighted by Crippen LogP contribution is -2.20.